The van der Waals surface area contributed by atoms with Crippen molar-refractivity contribution in [2.24, 2.45) is 5.92 Å². The second kappa shape index (κ2) is 6.21. The largest absolute Gasteiger partial charge is 0.369 e. The molecule has 1 atom stereocenters. The van der Waals surface area contributed by atoms with E-state index in [2.05, 4.69) is 5.32 Å². The molecular formula is C13H18ClN3O2. The van der Waals surface area contributed by atoms with E-state index in [1.807, 2.05) is 11.9 Å². The summed E-state index contributed by atoms with van der Waals surface area (Å²) in [6, 6.07) is 4.68. The Hall–Kier alpha value is -1.33. The van der Waals surface area contributed by atoms with Gasteiger partial charge in [-0.25, -0.2) is 0 Å². The third-order valence-electron chi connectivity index (χ3n) is 3.48. The molecule has 0 aliphatic carbocycles. The SMILES string of the molecule is CN(CC1CCCNC1)c1cc(Cl)ccc1[N+](=O)[O-]. The van der Waals surface area contributed by atoms with Crippen molar-refractivity contribution < 1.29 is 4.92 Å². The molecule has 0 bridgehead atoms. The molecule has 1 aliphatic rings. The summed E-state index contributed by atoms with van der Waals surface area (Å²) in [7, 11) is 1.88. The summed E-state index contributed by atoms with van der Waals surface area (Å²) < 4.78 is 0. The zero-order valence-corrected chi connectivity index (χ0v) is 11.7. The van der Waals surface area contributed by atoms with E-state index >= 15 is 0 Å². The van der Waals surface area contributed by atoms with Crippen LogP contribution in [-0.2, 0) is 0 Å². The predicted octanol–water partition coefficient (Wildman–Crippen LogP) is 2.68. The van der Waals surface area contributed by atoms with Gasteiger partial charge in [-0.2, -0.15) is 0 Å². The number of benzene rings is 1. The van der Waals surface area contributed by atoms with Crippen LogP contribution in [0.4, 0.5) is 11.4 Å². The fourth-order valence-electron chi connectivity index (χ4n) is 2.52. The van der Waals surface area contributed by atoms with Crippen LogP contribution in [0.1, 0.15) is 12.8 Å². The maximum absolute atomic E-state index is 11.1. The molecule has 0 saturated carbocycles. The molecule has 0 amide bonds. The van der Waals surface area contributed by atoms with Gasteiger partial charge in [0.05, 0.1) is 4.92 Å². The number of piperidine rings is 1. The smallest absolute Gasteiger partial charge is 0.292 e. The third kappa shape index (κ3) is 3.58. The average molecular weight is 284 g/mol. The first kappa shape index (κ1) is 14.1. The van der Waals surface area contributed by atoms with Crippen LogP contribution in [0.15, 0.2) is 18.2 Å². The first-order valence-electron chi connectivity index (χ1n) is 6.43. The lowest BCUT2D eigenvalue weighted by Crippen LogP contribution is -2.37. The van der Waals surface area contributed by atoms with Gasteiger partial charge in [0.2, 0.25) is 0 Å². The van der Waals surface area contributed by atoms with Crippen LogP contribution in [0.25, 0.3) is 0 Å². The molecule has 0 radical (unpaired) electrons. The van der Waals surface area contributed by atoms with Gasteiger partial charge in [0.1, 0.15) is 5.69 Å². The minimum atomic E-state index is -0.360. The lowest BCUT2D eigenvalue weighted by atomic mass is 9.99. The number of hydrogen-bond acceptors (Lipinski definition) is 4. The van der Waals surface area contributed by atoms with Crippen LogP contribution in [0, 0.1) is 16.0 Å². The highest BCUT2D eigenvalue weighted by Gasteiger charge is 2.21. The molecule has 0 aromatic heterocycles. The molecule has 1 saturated heterocycles. The maximum atomic E-state index is 11.1. The van der Waals surface area contributed by atoms with E-state index < -0.39 is 0 Å². The molecule has 6 heteroatoms. The van der Waals surface area contributed by atoms with Gasteiger partial charge in [0, 0.05) is 24.7 Å². The first-order valence-corrected chi connectivity index (χ1v) is 6.81. The summed E-state index contributed by atoms with van der Waals surface area (Å²) in [4.78, 5) is 12.6. The molecule has 1 heterocycles. The number of halogens is 1. The highest BCUT2D eigenvalue weighted by atomic mass is 35.5. The molecule has 1 aromatic carbocycles. The number of nitrogens with one attached hydrogen (secondary N) is 1. The van der Waals surface area contributed by atoms with E-state index in [0.29, 0.717) is 16.6 Å². The molecule has 1 fully saturated rings. The molecule has 19 heavy (non-hydrogen) atoms. The zero-order chi connectivity index (χ0) is 13.8. The van der Waals surface area contributed by atoms with Gasteiger partial charge in [0.15, 0.2) is 0 Å². The van der Waals surface area contributed by atoms with Crippen LogP contribution >= 0.6 is 11.6 Å². The first-order chi connectivity index (χ1) is 9.08. The van der Waals surface area contributed by atoms with Crippen LogP contribution in [0.5, 0.6) is 0 Å². The Morgan fingerprint density at radius 2 is 2.37 bits per heavy atom. The number of rotatable bonds is 4. The summed E-state index contributed by atoms with van der Waals surface area (Å²) in [5, 5.41) is 14.9. The van der Waals surface area contributed by atoms with Crippen LogP contribution in [-0.4, -0.2) is 31.6 Å². The van der Waals surface area contributed by atoms with Crippen molar-refractivity contribution in [3.05, 3.63) is 33.3 Å². The Bertz CT molecular complexity index is 461. The minimum Gasteiger partial charge on any atom is -0.369 e. The van der Waals surface area contributed by atoms with Crippen molar-refractivity contribution in [1.82, 2.24) is 5.32 Å². The van der Waals surface area contributed by atoms with Gasteiger partial charge in [-0.05, 0) is 44.0 Å². The Labute approximate surface area is 117 Å². The second-order valence-corrected chi connectivity index (χ2v) is 5.42. The highest BCUT2D eigenvalue weighted by Crippen LogP contribution is 2.31. The maximum Gasteiger partial charge on any atom is 0.292 e. The van der Waals surface area contributed by atoms with Gasteiger partial charge in [-0.3, -0.25) is 10.1 Å². The van der Waals surface area contributed by atoms with Crippen molar-refractivity contribution >= 4 is 23.0 Å². The lowest BCUT2D eigenvalue weighted by molar-refractivity contribution is -0.384. The zero-order valence-electron chi connectivity index (χ0n) is 10.9. The topological polar surface area (TPSA) is 58.4 Å². The van der Waals surface area contributed by atoms with Gasteiger partial charge in [-0.1, -0.05) is 11.6 Å². The minimum absolute atomic E-state index is 0.107. The summed E-state index contributed by atoms with van der Waals surface area (Å²) in [6.45, 7) is 2.84. The Balaban J connectivity index is 2.14. The van der Waals surface area contributed by atoms with Crippen LogP contribution in [0.2, 0.25) is 5.02 Å². The molecule has 2 rings (SSSR count). The monoisotopic (exact) mass is 283 g/mol. The molecule has 5 nitrogen and oxygen atoms in total. The number of anilines is 1. The van der Waals surface area contributed by atoms with Crippen molar-refractivity contribution in [3.8, 4) is 0 Å². The van der Waals surface area contributed by atoms with E-state index in [9.17, 15) is 10.1 Å². The molecule has 1 aliphatic heterocycles. The number of nitro benzene ring substituents is 1. The summed E-state index contributed by atoms with van der Waals surface area (Å²) in [6.07, 6.45) is 2.32. The molecule has 1 aromatic rings. The molecular weight excluding hydrogens is 266 g/mol. The van der Waals surface area contributed by atoms with Gasteiger partial charge in [0.25, 0.3) is 5.69 Å². The summed E-state index contributed by atoms with van der Waals surface area (Å²) >= 11 is 5.95. The number of hydrogen-bond donors (Lipinski definition) is 1. The molecule has 1 N–H and O–H groups in total. The van der Waals surface area contributed by atoms with E-state index in [0.717, 1.165) is 32.5 Å². The van der Waals surface area contributed by atoms with Gasteiger partial charge >= 0.3 is 0 Å². The number of nitrogens with zero attached hydrogens (tertiary/aromatic N) is 2. The van der Waals surface area contributed by atoms with E-state index in [-0.39, 0.29) is 10.6 Å². The van der Waals surface area contributed by atoms with E-state index in [1.54, 1.807) is 12.1 Å². The van der Waals surface area contributed by atoms with E-state index in [4.69, 9.17) is 11.6 Å². The standard InChI is InChI=1S/C13H18ClN3O2/c1-16(9-10-3-2-6-15-8-10)13-7-11(14)4-5-12(13)17(18)19/h4-5,7,10,15H,2-3,6,8-9H2,1H3. The second-order valence-electron chi connectivity index (χ2n) is 4.98. The lowest BCUT2D eigenvalue weighted by Gasteiger charge is -2.28. The fraction of sp³-hybridized carbons (Fsp3) is 0.538. The Morgan fingerprint density at radius 1 is 1.58 bits per heavy atom. The van der Waals surface area contributed by atoms with E-state index in [1.165, 1.54) is 6.07 Å². The Morgan fingerprint density at radius 3 is 3.00 bits per heavy atom. The molecule has 104 valence electrons. The summed E-state index contributed by atoms with van der Waals surface area (Å²) in [5.74, 6) is 0.525. The van der Waals surface area contributed by atoms with Crippen molar-refractivity contribution in [3.63, 3.8) is 0 Å². The highest BCUT2D eigenvalue weighted by molar-refractivity contribution is 6.31. The van der Waals surface area contributed by atoms with Gasteiger partial charge < -0.3 is 10.2 Å². The van der Waals surface area contributed by atoms with Crippen molar-refractivity contribution in [2.45, 2.75) is 12.8 Å². The predicted molar refractivity (Wildman–Crippen MR) is 77.0 cm³/mol. The normalized spacial score (nSPS) is 19.2. The summed E-state index contributed by atoms with van der Waals surface area (Å²) in [5.41, 5.74) is 0.693. The third-order valence-corrected chi connectivity index (χ3v) is 3.71. The molecule has 1 unspecified atom stereocenters. The average Bonchev–Trinajstić information content (AvgIpc) is 2.39. The quantitative estimate of drug-likeness (QED) is 0.682. The van der Waals surface area contributed by atoms with Crippen molar-refractivity contribution in [1.29, 1.82) is 0 Å². The van der Waals surface area contributed by atoms with Crippen LogP contribution in [0.3, 0.4) is 0 Å². The number of nitro groups is 1. The van der Waals surface area contributed by atoms with Gasteiger partial charge in [-0.15, -0.1) is 0 Å². The Kier molecular flexibility index (Phi) is 4.61. The fourth-order valence-corrected chi connectivity index (χ4v) is 2.69. The van der Waals surface area contributed by atoms with Crippen LogP contribution < -0.4 is 10.2 Å². The molecule has 0 spiro atoms. The van der Waals surface area contributed by atoms with Crippen molar-refractivity contribution in [2.75, 3.05) is 31.6 Å².